The van der Waals surface area contributed by atoms with E-state index in [0.717, 1.165) is 42.0 Å². The van der Waals surface area contributed by atoms with Crippen LogP contribution in [0.2, 0.25) is 0 Å². The maximum atomic E-state index is 9.55. The second-order valence-corrected chi connectivity index (χ2v) is 7.75. The van der Waals surface area contributed by atoms with Gasteiger partial charge in [-0.2, -0.15) is 0 Å². The van der Waals surface area contributed by atoms with Crippen molar-refractivity contribution in [3.63, 3.8) is 0 Å². The Labute approximate surface area is 175 Å². The largest absolute Gasteiger partial charge is 0.478 e. The van der Waals surface area contributed by atoms with Gasteiger partial charge in [-0.15, -0.1) is 10.2 Å². The van der Waals surface area contributed by atoms with Crippen molar-refractivity contribution in [3.05, 3.63) is 54.6 Å². The molecule has 2 unspecified atom stereocenters. The minimum absolute atomic E-state index is 0.558. The molecule has 1 aromatic carbocycles. The predicted molar refractivity (Wildman–Crippen MR) is 113 cm³/mol. The summed E-state index contributed by atoms with van der Waals surface area (Å²) in [6.07, 6.45) is 2.49. The number of hydrogen-bond donors (Lipinski definition) is 2. The lowest BCUT2D eigenvalue weighted by Crippen LogP contribution is -2.51. The maximum Gasteiger partial charge on any atom is 0.328 e. The minimum Gasteiger partial charge on any atom is -0.478 e. The molecule has 2 aliphatic rings. The number of benzene rings is 1. The van der Waals surface area contributed by atoms with Gasteiger partial charge >= 0.3 is 11.9 Å². The van der Waals surface area contributed by atoms with Crippen LogP contribution in [0.3, 0.4) is 0 Å². The highest BCUT2D eigenvalue weighted by Crippen LogP contribution is 2.30. The van der Waals surface area contributed by atoms with E-state index in [1.54, 1.807) is 0 Å². The topological polar surface area (TPSA) is 107 Å². The van der Waals surface area contributed by atoms with Crippen LogP contribution in [0.25, 0.3) is 11.3 Å². The Morgan fingerprint density at radius 1 is 0.900 bits per heavy atom. The van der Waals surface area contributed by atoms with E-state index >= 15 is 0 Å². The van der Waals surface area contributed by atoms with Crippen LogP contribution in [-0.4, -0.2) is 70.5 Å². The van der Waals surface area contributed by atoms with Gasteiger partial charge in [-0.1, -0.05) is 30.3 Å². The fourth-order valence-corrected chi connectivity index (χ4v) is 4.13. The van der Waals surface area contributed by atoms with E-state index in [1.165, 1.54) is 19.5 Å². The van der Waals surface area contributed by atoms with Gasteiger partial charge in [-0.3, -0.25) is 0 Å². The molecular weight excluding hydrogens is 384 g/mol. The van der Waals surface area contributed by atoms with Crippen LogP contribution in [0.4, 0.5) is 5.82 Å². The highest BCUT2D eigenvalue weighted by molar-refractivity contribution is 5.89. The van der Waals surface area contributed by atoms with Crippen LogP contribution in [0.1, 0.15) is 6.42 Å². The average molecular weight is 410 g/mol. The first-order valence-electron chi connectivity index (χ1n) is 9.87. The van der Waals surface area contributed by atoms with Crippen molar-refractivity contribution < 1.29 is 19.8 Å². The normalized spacial score (nSPS) is 21.0. The van der Waals surface area contributed by atoms with Gasteiger partial charge in [0.25, 0.3) is 0 Å². The van der Waals surface area contributed by atoms with E-state index in [-0.39, 0.29) is 0 Å². The highest BCUT2D eigenvalue weighted by atomic mass is 16.4. The number of carboxylic acid groups (broad SMARTS) is 2. The zero-order chi connectivity index (χ0) is 21.5. The van der Waals surface area contributed by atoms with Gasteiger partial charge in [0.15, 0.2) is 5.82 Å². The lowest BCUT2D eigenvalue weighted by molar-refractivity contribution is -0.134. The van der Waals surface area contributed by atoms with Gasteiger partial charge < -0.3 is 20.0 Å². The van der Waals surface area contributed by atoms with Crippen molar-refractivity contribution >= 4 is 17.8 Å². The first kappa shape index (κ1) is 21.4. The lowest BCUT2D eigenvalue weighted by atomic mass is 9.85. The summed E-state index contributed by atoms with van der Waals surface area (Å²) in [4.78, 5) is 24.0. The Morgan fingerprint density at radius 3 is 2.00 bits per heavy atom. The Morgan fingerprint density at radius 2 is 1.50 bits per heavy atom. The zero-order valence-electron chi connectivity index (χ0n) is 16.9. The van der Waals surface area contributed by atoms with Crippen molar-refractivity contribution in [1.82, 2.24) is 15.1 Å². The molecule has 2 aromatic rings. The van der Waals surface area contributed by atoms with Crippen LogP contribution in [0.15, 0.2) is 54.6 Å². The van der Waals surface area contributed by atoms with Gasteiger partial charge in [0.2, 0.25) is 0 Å². The van der Waals surface area contributed by atoms with Crippen LogP contribution in [-0.2, 0) is 9.59 Å². The molecular formula is C22H26N4O4. The number of aromatic nitrogens is 2. The van der Waals surface area contributed by atoms with E-state index in [4.69, 9.17) is 10.2 Å². The summed E-state index contributed by atoms with van der Waals surface area (Å²) in [6.45, 7) is 4.64. The molecule has 0 radical (unpaired) electrons. The van der Waals surface area contributed by atoms with Gasteiger partial charge in [-0.25, -0.2) is 9.59 Å². The van der Waals surface area contributed by atoms with Crippen molar-refractivity contribution in [2.45, 2.75) is 6.42 Å². The van der Waals surface area contributed by atoms with Gasteiger partial charge in [0.1, 0.15) is 0 Å². The second kappa shape index (κ2) is 9.98. The molecule has 0 saturated carbocycles. The first-order chi connectivity index (χ1) is 14.4. The smallest absolute Gasteiger partial charge is 0.328 e. The number of anilines is 1. The molecule has 2 saturated heterocycles. The third-order valence-electron chi connectivity index (χ3n) is 5.18. The summed E-state index contributed by atoms with van der Waals surface area (Å²) in [5.41, 5.74) is 2.07. The highest BCUT2D eigenvalue weighted by Gasteiger charge is 2.33. The molecule has 2 N–H and O–H groups in total. The SMILES string of the molecule is CN1CC2CC(C1)CN(c1ccc(-c3ccccc3)nn1)C2.O=C(O)/C=C/C(=O)O. The second-order valence-electron chi connectivity index (χ2n) is 7.75. The summed E-state index contributed by atoms with van der Waals surface area (Å²) in [5.74, 6) is 0.0555. The monoisotopic (exact) mass is 410 g/mol. The van der Waals surface area contributed by atoms with E-state index in [0.29, 0.717) is 12.2 Å². The quantitative estimate of drug-likeness (QED) is 0.739. The number of fused-ring (bicyclic) bond motifs is 2. The van der Waals surface area contributed by atoms with Crippen LogP contribution in [0.5, 0.6) is 0 Å². The average Bonchev–Trinajstić information content (AvgIpc) is 2.73. The number of piperidine rings is 2. The van der Waals surface area contributed by atoms with Crippen LogP contribution >= 0.6 is 0 Å². The number of carboxylic acids is 2. The number of carbonyl (C=O) groups is 2. The number of aliphatic carboxylic acids is 2. The Hall–Kier alpha value is -3.26. The van der Waals surface area contributed by atoms with E-state index < -0.39 is 11.9 Å². The molecule has 8 heteroatoms. The molecule has 0 aliphatic carbocycles. The Balaban J connectivity index is 0.000000275. The molecule has 30 heavy (non-hydrogen) atoms. The Bertz CT molecular complexity index is 852. The summed E-state index contributed by atoms with van der Waals surface area (Å²) in [5, 5.41) is 24.5. The molecule has 3 heterocycles. The summed E-state index contributed by atoms with van der Waals surface area (Å²) < 4.78 is 0. The molecule has 1 aromatic heterocycles. The fourth-order valence-electron chi connectivity index (χ4n) is 4.13. The molecule has 0 spiro atoms. The number of hydrogen-bond acceptors (Lipinski definition) is 6. The molecule has 2 aliphatic heterocycles. The van der Waals surface area contributed by atoms with Crippen LogP contribution < -0.4 is 4.90 Å². The first-order valence-corrected chi connectivity index (χ1v) is 9.87. The van der Waals surface area contributed by atoms with E-state index in [2.05, 4.69) is 51.3 Å². The van der Waals surface area contributed by atoms with E-state index in [1.807, 2.05) is 18.2 Å². The maximum absolute atomic E-state index is 9.55. The third-order valence-corrected chi connectivity index (χ3v) is 5.18. The van der Waals surface area contributed by atoms with Crippen LogP contribution in [0, 0.1) is 11.8 Å². The molecule has 0 amide bonds. The standard InChI is InChI=1S/C18H22N4.C4H4O4/c1-21-10-14-9-15(11-21)13-22(12-14)18-8-7-17(19-20-18)16-5-3-2-4-6-16;5-3(6)1-2-4(7)8/h2-8,14-15H,9-13H2,1H3;1-2H,(H,5,6)(H,7,8)/b;2-1+. The molecule has 158 valence electrons. The van der Waals surface area contributed by atoms with E-state index in [9.17, 15) is 9.59 Å². The predicted octanol–water partition coefficient (Wildman–Crippen LogP) is 2.24. The molecule has 2 atom stereocenters. The van der Waals surface area contributed by atoms with Crippen molar-refractivity contribution in [2.75, 3.05) is 38.1 Å². The minimum atomic E-state index is -1.26. The summed E-state index contributed by atoms with van der Waals surface area (Å²) in [6, 6.07) is 14.5. The third kappa shape index (κ3) is 6.12. The lowest BCUT2D eigenvalue weighted by Gasteiger charge is -2.45. The van der Waals surface area contributed by atoms with Crippen molar-refractivity contribution in [1.29, 1.82) is 0 Å². The van der Waals surface area contributed by atoms with Gasteiger partial charge in [0, 0.05) is 43.9 Å². The Kier molecular flexibility index (Phi) is 7.13. The number of likely N-dealkylation sites (tertiary alicyclic amines) is 1. The summed E-state index contributed by atoms with van der Waals surface area (Å²) >= 11 is 0. The molecule has 2 fully saturated rings. The van der Waals surface area contributed by atoms with Crippen molar-refractivity contribution in [3.8, 4) is 11.3 Å². The fraction of sp³-hybridized carbons (Fsp3) is 0.364. The van der Waals surface area contributed by atoms with Crippen molar-refractivity contribution in [2.24, 2.45) is 11.8 Å². The molecule has 4 rings (SSSR count). The summed E-state index contributed by atoms with van der Waals surface area (Å²) in [7, 11) is 2.24. The molecule has 8 nitrogen and oxygen atoms in total. The molecule has 2 bridgehead atoms. The van der Waals surface area contributed by atoms with Gasteiger partial charge in [-0.05, 0) is 37.4 Å². The zero-order valence-corrected chi connectivity index (χ0v) is 16.9. The number of rotatable bonds is 4. The number of nitrogens with zero attached hydrogens (tertiary/aromatic N) is 4. The van der Waals surface area contributed by atoms with Gasteiger partial charge in [0.05, 0.1) is 5.69 Å².